The molecule has 0 aliphatic carbocycles. The molecule has 0 aliphatic rings. The number of aryl methyl sites for hydroxylation is 1. The first-order valence-electron chi connectivity index (χ1n) is 4.80. The fraction of sp³-hybridized carbons (Fsp3) is 0.455. The third kappa shape index (κ3) is 4.00. The van der Waals surface area contributed by atoms with Gasteiger partial charge >= 0.3 is 9.46 Å². The van der Waals surface area contributed by atoms with Gasteiger partial charge in [-0.2, -0.15) is 0 Å². The van der Waals surface area contributed by atoms with Crippen molar-refractivity contribution in [2.75, 3.05) is 0 Å². The Kier molecular flexibility index (Phi) is 4.26. The van der Waals surface area contributed by atoms with Crippen molar-refractivity contribution in [2.45, 2.75) is 26.3 Å². The Bertz CT molecular complexity index is 286. The smallest absolute Gasteiger partial charge is 0.268 e. The highest BCUT2D eigenvalue weighted by molar-refractivity contribution is 6.42. The Morgan fingerprint density at radius 1 is 1.36 bits per heavy atom. The zero-order valence-electron chi connectivity index (χ0n) is 8.56. The first kappa shape index (κ1) is 11.4. The molecule has 1 aromatic carbocycles. The van der Waals surface area contributed by atoms with Gasteiger partial charge in [-0.05, 0) is 24.8 Å². The Balaban J connectivity index is 2.51. The van der Waals surface area contributed by atoms with Crippen LogP contribution in [-0.2, 0) is 6.42 Å². The third-order valence-electron chi connectivity index (χ3n) is 2.17. The van der Waals surface area contributed by atoms with E-state index in [9.17, 15) is 8.22 Å². The summed E-state index contributed by atoms with van der Waals surface area (Å²) in [5, 5.41) is 0. The predicted molar refractivity (Wildman–Crippen MR) is 56.8 cm³/mol. The summed E-state index contributed by atoms with van der Waals surface area (Å²) in [7, 11) is -3.06. The molecule has 1 atom stereocenters. The van der Waals surface area contributed by atoms with Crippen molar-refractivity contribution >= 4 is 9.46 Å². The maximum Gasteiger partial charge on any atom is 0.477 e. The zero-order chi connectivity index (χ0) is 10.6. The van der Waals surface area contributed by atoms with Gasteiger partial charge in [0.15, 0.2) is 0 Å². The normalized spacial score (nSPS) is 13.2. The van der Waals surface area contributed by atoms with E-state index >= 15 is 0 Å². The van der Waals surface area contributed by atoms with Crippen LogP contribution in [0.3, 0.4) is 0 Å². The second-order valence-electron chi connectivity index (χ2n) is 3.84. The van der Waals surface area contributed by atoms with Crippen molar-refractivity contribution in [3.63, 3.8) is 0 Å². The summed E-state index contributed by atoms with van der Waals surface area (Å²) >= 11 is 0. The number of rotatable bonds is 4. The highest BCUT2D eigenvalue weighted by Gasteiger charge is 2.15. The number of hydrogen-bond acceptors (Lipinski definition) is 0. The van der Waals surface area contributed by atoms with Gasteiger partial charge in [0.1, 0.15) is 0 Å². The molecule has 0 saturated carbocycles. The van der Waals surface area contributed by atoms with Crippen LogP contribution < -0.4 is 0 Å². The van der Waals surface area contributed by atoms with Crippen LogP contribution in [0.15, 0.2) is 24.3 Å². The first-order valence-corrected chi connectivity index (χ1v) is 6.26. The quantitative estimate of drug-likeness (QED) is 0.529. The van der Waals surface area contributed by atoms with Gasteiger partial charge in [0.2, 0.25) is 0 Å². The molecule has 0 amide bonds. The minimum Gasteiger partial charge on any atom is -0.268 e. The van der Waals surface area contributed by atoms with E-state index in [1.165, 1.54) is 11.1 Å². The van der Waals surface area contributed by atoms with Gasteiger partial charge < -0.3 is 0 Å². The first-order chi connectivity index (χ1) is 6.58. The maximum atomic E-state index is 12.2. The van der Waals surface area contributed by atoms with E-state index in [-0.39, 0.29) is 12.0 Å². The number of hydrogen-bond donors (Lipinski definition) is 0. The molecule has 0 heterocycles. The van der Waals surface area contributed by atoms with Gasteiger partial charge in [-0.15, -0.1) is 0 Å². The second kappa shape index (κ2) is 5.25. The molecule has 0 N–H and O–H groups in total. The summed E-state index contributed by atoms with van der Waals surface area (Å²) in [5.74, 6) is 0.0979. The van der Waals surface area contributed by atoms with E-state index in [0.29, 0.717) is 0 Å². The van der Waals surface area contributed by atoms with Gasteiger partial charge in [-0.1, -0.05) is 36.8 Å². The molecule has 14 heavy (non-hydrogen) atoms. The highest BCUT2D eigenvalue weighted by Crippen LogP contribution is 2.16. The lowest BCUT2D eigenvalue weighted by atomic mass is 10.0. The standard InChI is InChI=1S/C11H15F2Si/c1-9-4-3-5-11(6-9)7-10(2)8-14(12)13/h3-6,10H,7-8H2,1-2H3. The lowest BCUT2D eigenvalue weighted by Crippen LogP contribution is -2.07. The van der Waals surface area contributed by atoms with Crippen molar-refractivity contribution in [3.8, 4) is 0 Å². The summed E-state index contributed by atoms with van der Waals surface area (Å²) in [6.45, 7) is 3.92. The molecule has 0 aliphatic heterocycles. The average Bonchev–Trinajstić information content (AvgIpc) is 2.01. The van der Waals surface area contributed by atoms with Crippen LogP contribution in [0.25, 0.3) is 0 Å². The molecule has 0 saturated heterocycles. The molecule has 1 radical (unpaired) electrons. The van der Waals surface area contributed by atoms with E-state index in [2.05, 4.69) is 6.07 Å². The van der Waals surface area contributed by atoms with Crippen molar-refractivity contribution in [1.82, 2.24) is 0 Å². The summed E-state index contributed by atoms with van der Waals surface area (Å²) in [5.41, 5.74) is 2.36. The molecule has 1 aromatic rings. The Labute approximate surface area is 85.9 Å². The molecule has 0 fully saturated rings. The molecule has 0 bridgehead atoms. The summed E-state index contributed by atoms with van der Waals surface area (Å²) in [4.78, 5) is 0. The fourth-order valence-electron chi connectivity index (χ4n) is 1.58. The van der Waals surface area contributed by atoms with Crippen LogP contribution >= 0.6 is 0 Å². The van der Waals surface area contributed by atoms with Crippen LogP contribution in [0.4, 0.5) is 8.22 Å². The van der Waals surface area contributed by atoms with E-state index in [1.807, 2.05) is 32.0 Å². The largest absolute Gasteiger partial charge is 0.477 e. The van der Waals surface area contributed by atoms with E-state index < -0.39 is 9.46 Å². The Morgan fingerprint density at radius 3 is 2.64 bits per heavy atom. The lowest BCUT2D eigenvalue weighted by Gasteiger charge is -2.09. The minimum absolute atomic E-state index is 0.0958. The van der Waals surface area contributed by atoms with E-state index in [4.69, 9.17) is 0 Å². The number of halogens is 2. The van der Waals surface area contributed by atoms with Crippen LogP contribution in [0, 0.1) is 12.8 Å². The van der Waals surface area contributed by atoms with Crippen molar-refractivity contribution < 1.29 is 8.22 Å². The Morgan fingerprint density at radius 2 is 2.07 bits per heavy atom. The molecular weight excluding hydrogens is 198 g/mol. The third-order valence-corrected chi connectivity index (χ3v) is 3.17. The van der Waals surface area contributed by atoms with Crippen molar-refractivity contribution in [1.29, 1.82) is 0 Å². The van der Waals surface area contributed by atoms with Crippen LogP contribution in [0.5, 0.6) is 0 Å². The Hall–Kier alpha value is -0.703. The monoisotopic (exact) mass is 213 g/mol. The predicted octanol–water partition coefficient (Wildman–Crippen LogP) is 3.60. The van der Waals surface area contributed by atoms with Gasteiger partial charge in [0, 0.05) is 6.04 Å². The van der Waals surface area contributed by atoms with E-state index in [1.54, 1.807) is 0 Å². The van der Waals surface area contributed by atoms with Crippen LogP contribution in [-0.4, -0.2) is 9.46 Å². The number of benzene rings is 1. The van der Waals surface area contributed by atoms with Gasteiger partial charge in [0.25, 0.3) is 0 Å². The molecular formula is C11H15F2Si. The topological polar surface area (TPSA) is 0 Å². The lowest BCUT2D eigenvalue weighted by molar-refractivity contribution is 0.568. The fourth-order valence-corrected chi connectivity index (χ4v) is 2.25. The molecule has 77 valence electrons. The summed E-state index contributed by atoms with van der Waals surface area (Å²) in [6.07, 6.45) is 0.768. The molecule has 1 rings (SSSR count). The molecule has 3 heteroatoms. The maximum absolute atomic E-state index is 12.2. The molecule has 1 unspecified atom stereocenters. The van der Waals surface area contributed by atoms with E-state index in [0.717, 1.165) is 6.42 Å². The summed E-state index contributed by atoms with van der Waals surface area (Å²) < 4.78 is 24.3. The van der Waals surface area contributed by atoms with Crippen LogP contribution in [0.2, 0.25) is 6.04 Å². The van der Waals surface area contributed by atoms with Gasteiger partial charge in [0.05, 0.1) is 0 Å². The van der Waals surface area contributed by atoms with Crippen LogP contribution in [0.1, 0.15) is 18.1 Å². The molecule has 0 nitrogen and oxygen atoms in total. The van der Waals surface area contributed by atoms with Crippen molar-refractivity contribution in [2.24, 2.45) is 5.92 Å². The zero-order valence-corrected chi connectivity index (χ0v) is 9.56. The molecule has 0 aromatic heterocycles. The van der Waals surface area contributed by atoms with Gasteiger partial charge in [-0.3, -0.25) is 8.22 Å². The highest BCUT2D eigenvalue weighted by atomic mass is 28.4. The summed E-state index contributed by atoms with van der Waals surface area (Å²) in [6, 6.07) is 8.17. The average molecular weight is 213 g/mol. The second-order valence-corrected chi connectivity index (χ2v) is 4.93. The van der Waals surface area contributed by atoms with Crippen molar-refractivity contribution in [3.05, 3.63) is 35.4 Å². The SMILES string of the molecule is Cc1cccc(CC(C)C[Si](F)F)c1. The molecule has 0 spiro atoms. The van der Waals surface area contributed by atoms with Gasteiger partial charge in [-0.25, -0.2) is 0 Å². The minimum atomic E-state index is -3.06.